The third-order valence-electron chi connectivity index (χ3n) is 6.53. The summed E-state index contributed by atoms with van der Waals surface area (Å²) >= 11 is 0. The number of methoxy groups -OCH3 is 1. The van der Waals surface area contributed by atoms with Gasteiger partial charge in [0, 0.05) is 18.7 Å². The highest BCUT2D eigenvalue weighted by Crippen LogP contribution is 2.49. The highest BCUT2D eigenvalue weighted by Gasteiger charge is 2.52. The fourth-order valence-corrected chi connectivity index (χ4v) is 4.57. The molecule has 1 aromatic heterocycles. The van der Waals surface area contributed by atoms with Crippen molar-refractivity contribution in [3.8, 4) is 17.1 Å². The summed E-state index contributed by atoms with van der Waals surface area (Å²) in [6.07, 6.45) is 1.75. The summed E-state index contributed by atoms with van der Waals surface area (Å²) in [4.78, 5) is 20.3. The quantitative estimate of drug-likeness (QED) is 0.644. The third-order valence-corrected chi connectivity index (χ3v) is 6.53. The summed E-state index contributed by atoms with van der Waals surface area (Å²) < 4.78 is 5.26. The van der Waals surface area contributed by atoms with E-state index in [0.29, 0.717) is 5.82 Å². The minimum atomic E-state index is -0.422. The molecule has 0 spiro atoms. The maximum atomic E-state index is 13.3. The van der Waals surface area contributed by atoms with Gasteiger partial charge in [-0.2, -0.15) is 5.10 Å². The van der Waals surface area contributed by atoms with Gasteiger partial charge in [-0.3, -0.25) is 9.89 Å². The number of H-pyrrole nitrogens is 1. The zero-order valence-corrected chi connectivity index (χ0v) is 17.8. The largest absolute Gasteiger partial charge is 0.497 e. The predicted molar refractivity (Wildman–Crippen MR) is 118 cm³/mol. The average molecular weight is 418 g/mol. The van der Waals surface area contributed by atoms with Crippen LogP contribution in [-0.2, 0) is 10.2 Å². The Morgan fingerprint density at radius 1 is 1.13 bits per heavy atom. The number of aromatic nitrogens is 3. The van der Waals surface area contributed by atoms with Gasteiger partial charge in [-0.1, -0.05) is 42.5 Å². The van der Waals surface area contributed by atoms with E-state index in [-0.39, 0.29) is 17.9 Å². The first-order valence-electron chi connectivity index (χ1n) is 10.7. The maximum absolute atomic E-state index is 13.3. The molecule has 5 rings (SSSR count). The first-order valence-corrected chi connectivity index (χ1v) is 10.7. The van der Waals surface area contributed by atoms with Crippen molar-refractivity contribution in [2.45, 2.75) is 30.2 Å². The number of carbonyl (C=O) groups excluding carboxylic acids is 1. The summed E-state index contributed by atoms with van der Waals surface area (Å²) in [7, 11) is 3.72. The lowest BCUT2D eigenvalue weighted by Gasteiger charge is -2.22. The summed E-state index contributed by atoms with van der Waals surface area (Å²) in [5, 5.41) is 10.9. The Labute approximate surface area is 181 Å². The molecule has 0 unspecified atom stereocenters. The number of nitrogens with zero attached hydrogens (tertiary/aromatic N) is 3. The van der Waals surface area contributed by atoms with E-state index in [1.165, 1.54) is 0 Å². The van der Waals surface area contributed by atoms with Crippen molar-refractivity contribution in [3.05, 3.63) is 66.0 Å². The number of hydrogen-bond acceptors (Lipinski definition) is 5. The van der Waals surface area contributed by atoms with Crippen molar-refractivity contribution >= 4 is 5.91 Å². The standard InChI is InChI=1S/C24H27N5O2/c1-29-14-19(22-26-21(27-28-22)16-6-4-3-5-7-16)20(15-29)25-23(30)24(12-13-24)17-8-10-18(31-2)11-9-17/h3-11,19-20H,12-15H2,1-2H3,(H,25,30)(H,26,27,28)/t19-,20-/m1/s1. The van der Waals surface area contributed by atoms with Crippen LogP contribution in [0.2, 0.25) is 0 Å². The molecule has 160 valence electrons. The number of nitrogens with one attached hydrogen (secondary N) is 2. The first kappa shape index (κ1) is 19.8. The van der Waals surface area contributed by atoms with Gasteiger partial charge in [-0.15, -0.1) is 0 Å². The van der Waals surface area contributed by atoms with Crippen LogP contribution in [0, 0.1) is 0 Å². The second-order valence-corrected chi connectivity index (χ2v) is 8.63. The first-order chi connectivity index (χ1) is 15.1. The van der Waals surface area contributed by atoms with Gasteiger partial charge < -0.3 is 15.0 Å². The highest BCUT2D eigenvalue weighted by molar-refractivity contribution is 5.91. The molecule has 7 nitrogen and oxygen atoms in total. The molecule has 2 aliphatic rings. The number of hydrogen-bond donors (Lipinski definition) is 2. The van der Waals surface area contributed by atoms with Crippen LogP contribution in [0.25, 0.3) is 11.4 Å². The van der Waals surface area contributed by atoms with Crippen LogP contribution in [0.3, 0.4) is 0 Å². The number of ether oxygens (including phenoxy) is 1. The van der Waals surface area contributed by atoms with Crippen molar-refractivity contribution in [2.24, 2.45) is 0 Å². The molecule has 1 aliphatic carbocycles. The SMILES string of the molecule is COc1ccc(C2(C(=O)N[C@@H]3CN(C)C[C@H]3c3nc(-c4ccccc4)n[nH]3)CC2)cc1. The molecule has 0 radical (unpaired) electrons. The number of amides is 1. The van der Waals surface area contributed by atoms with Crippen molar-refractivity contribution < 1.29 is 9.53 Å². The molecule has 1 aliphatic heterocycles. The fraction of sp³-hybridized carbons (Fsp3) is 0.375. The zero-order chi connectivity index (χ0) is 21.4. The van der Waals surface area contributed by atoms with Crippen LogP contribution < -0.4 is 10.1 Å². The van der Waals surface area contributed by atoms with Gasteiger partial charge in [0.25, 0.3) is 0 Å². The molecule has 2 aromatic carbocycles. The molecule has 2 fully saturated rings. The average Bonchev–Trinajstić information content (AvgIpc) is 3.33. The molecular formula is C24H27N5O2. The van der Waals surface area contributed by atoms with Crippen molar-refractivity contribution in [3.63, 3.8) is 0 Å². The van der Waals surface area contributed by atoms with Crippen LogP contribution in [0.5, 0.6) is 5.75 Å². The van der Waals surface area contributed by atoms with Crippen LogP contribution in [-0.4, -0.2) is 59.3 Å². The minimum absolute atomic E-state index is 0.00945. The molecule has 2 heterocycles. The van der Waals surface area contributed by atoms with Crippen molar-refractivity contribution in [1.82, 2.24) is 25.4 Å². The molecule has 31 heavy (non-hydrogen) atoms. The van der Waals surface area contributed by atoms with Crippen LogP contribution in [0.15, 0.2) is 54.6 Å². The Balaban J connectivity index is 1.33. The Kier molecular flexibility index (Phi) is 4.98. The van der Waals surface area contributed by atoms with Crippen LogP contribution in [0.1, 0.15) is 30.1 Å². The van der Waals surface area contributed by atoms with Gasteiger partial charge in [-0.05, 0) is 37.6 Å². The van der Waals surface area contributed by atoms with Gasteiger partial charge in [0.15, 0.2) is 5.82 Å². The van der Waals surface area contributed by atoms with Gasteiger partial charge in [0.2, 0.25) is 5.91 Å². The number of rotatable bonds is 6. The molecule has 2 atom stereocenters. The van der Waals surface area contributed by atoms with Gasteiger partial charge in [0.1, 0.15) is 11.6 Å². The monoisotopic (exact) mass is 417 g/mol. The smallest absolute Gasteiger partial charge is 0.230 e. The van der Waals surface area contributed by atoms with E-state index in [4.69, 9.17) is 9.72 Å². The molecule has 7 heteroatoms. The lowest BCUT2D eigenvalue weighted by atomic mass is 9.93. The summed E-state index contributed by atoms with van der Waals surface area (Å²) in [5.74, 6) is 2.49. The molecule has 1 amide bonds. The van der Waals surface area contributed by atoms with Crippen molar-refractivity contribution in [1.29, 1.82) is 0 Å². The number of carbonyl (C=O) groups is 1. The zero-order valence-electron chi connectivity index (χ0n) is 17.8. The molecule has 1 saturated heterocycles. The van der Waals surface area contributed by atoms with Crippen molar-refractivity contribution in [2.75, 3.05) is 27.2 Å². The molecule has 1 saturated carbocycles. The van der Waals surface area contributed by atoms with Gasteiger partial charge in [0.05, 0.1) is 24.5 Å². The lowest BCUT2D eigenvalue weighted by molar-refractivity contribution is -0.124. The third kappa shape index (κ3) is 3.70. The topological polar surface area (TPSA) is 83.1 Å². The second kappa shape index (κ2) is 7.81. The normalized spacial score (nSPS) is 22.3. The summed E-state index contributed by atoms with van der Waals surface area (Å²) in [5.41, 5.74) is 1.61. The van der Waals surface area contributed by atoms with E-state index >= 15 is 0 Å². The highest BCUT2D eigenvalue weighted by atomic mass is 16.5. The Bertz CT molecular complexity index is 1060. The number of likely N-dealkylation sites (N-methyl/N-ethyl adjacent to an activating group) is 1. The van der Waals surface area contributed by atoms with Crippen LogP contribution >= 0.6 is 0 Å². The van der Waals surface area contributed by atoms with Gasteiger partial charge >= 0.3 is 0 Å². The molecule has 3 aromatic rings. The maximum Gasteiger partial charge on any atom is 0.230 e. The number of likely N-dealkylation sites (tertiary alicyclic amines) is 1. The Morgan fingerprint density at radius 3 is 2.55 bits per heavy atom. The van der Waals surface area contributed by atoms with E-state index < -0.39 is 5.41 Å². The van der Waals surface area contributed by atoms with Crippen LogP contribution in [0.4, 0.5) is 0 Å². The van der Waals surface area contributed by atoms with E-state index in [1.807, 2.05) is 54.6 Å². The predicted octanol–water partition coefficient (Wildman–Crippen LogP) is 2.73. The second-order valence-electron chi connectivity index (χ2n) is 8.63. The molecule has 0 bridgehead atoms. The summed E-state index contributed by atoms with van der Waals surface area (Å²) in [6, 6.07) is 17.8. The minimum Gasteiger partial charge on any atom is -0.497 e. The summed E-state index contributed by atoms with van der Waals surface area (Å²) in [6.45, 7) is 1.61. The fourth-order valence-electron chi connectivity index (χ4n) is 4.57. The molecular weight excluding hydrogens is 390 g/mol. The van der Waals surface area contributed by atoms with E-state index in [1.54, 1.807) is 7.11 Å². The lowest BCUT2D eigenvalue weighted by Crippen LogP contribution is -2.45. The van der Waals surface area contributed by atoms with E-state index in [9.17, 15) is 4.79 Å². The van der Waals surface area contributed by atoms with Gasteiger partial charge in [-0.25, -0.2) is 4.98 Å². The number of benzene rings is 2. The molecule has 2 N–H and O–H groups in total. The Hall–Kier alpha value is -3.19. The van der Waals surface area contributed by atoms with E-state index in [2.05, 4.69) is 27.5 Å². The number of aromatic amines is 1. The van der Waals surface area contributed by atoms with E-state index in [0.717, 1.165) is 48.6 Å². The Morgan fingerprint density at radius 2 is 1.87 bits per heavy atom.